The van der Waals surface area contributed by atoms with Crippen molar-refractivity contribution in [3.05, 3.63) is 54.1 Å². The third-order valence-corrected chi connectivity index (χ3v) is 6.94. The number of amides is 2. The van der Waals surface area contributed by atoms with Crippen LogP contribution < -0.4 is 10.1 Å². The lowest BCUT2D eigenvalue weighted by Crippen LogP contribution is -2.54. The molecular weight excluding hydrogens is 388 g/mol. The molecule has 2 amide bonds. The van der Waals surface area contributed by atoms with Crippen molar-refractivity contribution in [2.45, 2.75) is 32.6 Å². The summed E-state index contributed by atoms with van der Waals surface area (Å²) in [5.41, 5.74) is 2.81. The fourth-order valence-corrected chi connectivity index (χ4v) is 4.88. The molecule has 3 atom stereocenters. The van der Waals surface area contributed by atoms with Gasteiger partial charge in [-0.25, -0.2) is 0 Å². The Morgan fingerprint density at radius 1 is 1.10 bits per heavy atom. The smallest absolute Gasteiger partial charge is 0.228 e. The zero-order valence-electron chi connectivity index (χ0n) is 18.7. The Kier molecular flexibility index (Phi) is 6.03. The zero-order valence-corrected chi connectivity index (χ0v) is 18.7. The molecular formula is C26H32N2O3. The normalized spacial score (nSPS) is 25.1. The molecule has 1 aliphatic heterocycles. The number of benzene rings is 2. The minimum Gasteiger partial charge on any atom is -0.497 e. The largest absolute Gasteiger partial charge is 0.497 e. The van der Waals surface area contributed by atoms with Crippen LogP contribution in [0, 0.1) is 17.3 Å². The van der Waals surface area contributed by atoms with Gasteiger partial charge in [-0.1, -0.05) is 43.3 Å². The number of nitrogens with one attached hydrogen (secondary N) is 1. The first kappa shape index (κ1) is 21.4. The molecule has 4 rings (SSSR count). The average Bonchev–Trinajstić information content (AvgIpc) is 3.55. The molecule has 0 spiro atoms. The van der Waals surface area contributed by atoms with Crippen molar-refractivity contribution < 1.29 is 14.3 Å². The van der Waals surface area contributed by atoms with Gasteiger partial charge in [0.2, 0.25) is 11.8 Å². The molecule has 0 radical (unpaired) electrons. The van der Waals surface area contributed by atoms with Crippen LogP contribution in [-0.2, 0) is 16.0 Å². The second kappa shape index (κ2) is 8.74. The maximum Gasteiger partial charge on any atom is 0.228 e. The molecule has 2 aromatic carbocycles. The fraction of sp³-hybridized carbons (Fsp3) is 0.462. The predicted octanol–water partition coefficient (Wildman–Crippen LogP) is 3.92. The van der Waals surface area contributed by atoms with Crippen molar-refractivity contribution in [2.24, 2.45) is 17.3 Å². The highest BCUT2D eigenvalue weighted by molar-refractivity contribution is 5.86. The van der Waals surface area contributed by atoms with Crippen molar-refractivity contribution in [2.75, 3.05) is 27.2 Å². The number of nitrogens with zero attached hydrogens (tertiary/aromatic N) is 1. The SMILES string of the molecule is CNC(=O)[C@]1(Cc2ccc(-c3ccc(OC)cc3)cc2)CCCN(C(=O)[C@H]2C[C@@H]2C)C1. The van der Waals surface area contributed by atoms with Gasteiger partial charge >= 0.3 is 0 Å². The number of methoxy groups -OCH3 is 1. The molecule has 1 N–H and O–H groups in total. The molecule has 0 bridgehead atoms. The third-order valence-electron chi connectivity index (χ3n) is 6.94. The van der Waals surface area contributed by atoms with Gasteiger partial charge in [0.25, 0.3) is 0 Å². The molecule has 2 fully saturated rings. The van der Waals surface area contributed by atoms with E-state index in [9.17, 15) is 9.59 Å². The number of carbonyl (C=O) groups is 2. The van der Waals surface area contributed by atoms with Crippen molar-refractivity contribution in [1.82, 2.24) is 10.2 Å². The van der Waals surface area contributed by atoms with E-state index in [1.807, 2.05) is 29.2 Å². The Morgan fingerprint density at radius 3 is 2.26 bits per heavy atom. The Labute approximate surface area is 184 Å². The number of carbonyl (C=O) groups excluding carboxylic acids is 2. The summed E-state index contributed by atoms with van der Waals surface area (Å²) in [5.74, 6) is 1.74. The van der Waals surface area contributed by atoms with Crippen LogP contribution in [0.2, 0.25) is 0 Å². The summed E-state index contributed by atoms with van der Waals surface area (Å²) >= 11 is 0. The highest BCUT2D eigenvalue weighted by atomic mass is 16.5. The molecule has 0 aromatic heterocycles. The molecule has 1 saturated heterocycles. The first-order valence-corrected chi connectivity index (χ1v) is 11.2. The van der Waals surface area contributed by atoms with E-state index in [1.54, 1.807) is 14.2 Å². The molecule has 1 aliphatic carbocycles. The van der Waals surface area contributed by atoms with Crippen LogP contribution in [0.15, 0.2) is 48.5 Å². The molecule has 1 heterocycles. The second-order valence-electron chi connectivity index (χ2n) is 9.14. The summed E-state index contributed by atoms with van der Waals surface area (Å²) < 4.78 is 5.24. The van der Waals surface area contributed by atoms with Crippen LogP contribution in [0.5, 0.6) is 5.75 Å². The minimum atomic E-state index is -0.567. The molecule has 0 unspecified atom stereocenters. The zero-order chi connectivity index (χ0) is 22.0. The summed E-state index contributed by atoms with van der Waals surface area (Å²) in [4.78, 5) is 27.8. The number of hydrogen-bond acceptors (Lipinski definition) is 3. The van der Waals surface area contributed by atoms with Crippen LogP contribution >= 0.6 is 0 Å². The van der Waals surface area contributed by atoms with Gasteiger partial charge in [-0.3, -0.25) is 9.59 Å². The van der Waals surface area contributed by atoms with Gasteiger partial charge in [0, 0.05) is 26.1 Å². The topological polar surface area (TPSA) is 58.6 Å². The van der Waals surface area contributed by atoms with E-state index in [0.717, 1.165) is 48.2 Å². The van der Waals surface area contributed by atoms with Gasteiger partial charge in [0.05, 0.1) is 12.5 Å². The number of rotatable bonds is 6. The van der Waals surface area contributed by atoms with Gasteiger partial charge in [-0.05, 0) is 60.4 Å². The Bertz CT molecular complexity index is 938. The third kappa shape index (κ3) is 4.46. The Balaban J connectivity index is 1.52. The summed E-state index contributed by atoms with van der Waals surface area (Å²) in [6, 6.07) is 16.4. The van der Waals surface area contributed by atoms with E-state index in [-0.39, 0.29) is 17.7 Å². The van der Waals surface area contributed by atoms with Crippen molar-refractivity contribution in [3.8, 4) is 16.9 Å². The summed E-state index contributed by atoms with van der Waals surface area (Å²) in [6.45, 7) is 3.40. The quantitative estimate of drug-likeness (QED) is 0.771. The molecule has 2 aliphatic rings. The monoisotopic (exact) mass is 420 g/mol. The van der Waals surface area contributed by atoms with Crippen molar-refractivity contribution in [1.29, 1.82) is 0 Å². The van der Waals surface area contributed by atoms with E-state index in [4.69, 9.17) is 4.74 Å². The standard InChI is InChI=1S/C26H32N2O3/c1-18-15-23(18)24(29)28-14-4-13-26(17-28,25(30)27-2)16-19-5-7-20(8-6-19)21-9-11-22(31-3)12-10-21/h5-12,18,23H,4,13-17H2,1-3H3,(H,27,30)/t18-,23-,26-/m0/s1. The molecule has 2 aromatic rings. The maximum atomic E-state index is 13.0. The van der Waals surface area contributed by atoms with Gasteiger partial charge in [-0.2, -0.15) is 0 Å². The van der Waals surface area contributed by atoms with E-state index in [1.165, 1.54) is 0 Å². The van der Waals surface area contributed by atoms with Crippen LogP contribution in [0.1, 0.15) is 31.7 Å². The van der Waals surface area contributed by atoms with Gasteiger partial charge in [-0.15, -0.1) is 0 Å². The predicted molar refractivity (Wildman–Crippen MR) is 122 cm³/mol. The molecule has 5 heteroatoms. The average molecular weight is 421 g/mol. The highest BCUT2D eigenvalue weighted by Gasteiger charge is 2.47. The summed E-state index contributed by atoms with van der Waals surface area (Å²) in [6.07, 6.45) is 3.29. The number of ether oxygens (including phenoxy) is 1. The highest BCUT2D eigenvalue weighted by Crippen LogP contribution is 2.42. The molecule has 5 nitrogen and oxygen atoms in total. The lowest BCUT2D eigenvalue weighted by atomic mass is 9.74. The summed E-state index contributed by atoms with van der Waals surface area (Å²) in [5, 5.41) is 2.87. The van der Waals surface area contributed by atoms with Crippen LogP contribution in [0.4, 0.5) is 0 Å². The molecule has 31 heavy (non-hydrogen) atoms. The minimum absolute atomic E-state index is 0.0353. The van der Waals surface area contributed by atoms with Crippen LogP contribution in [0.3, 0.4) is 0 Å². The van der Waals surface area contributed by atoms with Gasteiger partial charge in [0.1, 0.15) is 5.75 Å². The van der Waals surface area contributed by atoms with Gasteiger partial charge < -0.3 is 15.0 Å². The second-order valence-corrected chi connectivity index (χ2v) is 9.14. The Morgan fingerprint density at radius 2 is 1.71 bits per heavy atom. The van der Waals surface area contributed by atoms with E-state index < -0.39 is 5.41 Å². The lowest BCUT2D eigenvalue weighted by molar-refractivity contribution is -0.142. The fourth-order valence-electron chi connectivity index (χ4n) is 4.88. The number of hydrogen-bond donors (Lipinski definition) is 1. The Hall–Kier alpha value is -2.82. The van der Waals surface area contributed by atoms with Crippen molar-refractivity contribution >= 4 is 11.8 Å². The lowest BCUT2D eigenvalue weighted by Gasteiger charge is -2.42. The van der Waals surface area contributed by atoms with E-state index >= 15 is 0 Å². The molecule has 164 valence electrons. The number of likely N-dealkylation sites (tertiary alicyclic amines) is 1. The maximum absolute atomic E-state index is 13.0. The first-order chi connectivity index (χ1) is 15.0. The van der Waals surface area contributed by atoms with E-state index in [0.29, 0.717) is 18.9 Å². The van der Waals surface area contributed by atoms with Crippen LogP contribution in [-0.4, -0.2) is 44.0 Å². The number of piperidine rings is 1. The summed E-state index contributed by atoms with van der Waals surface area (Å²) in [7, 11) is 3.36. The van der Waals surface area contributed by atoms with E-state index in [2.05, 4.69) is 36.5 Å². The van der Waals surface area contributed by atoms with Crippen molar-refractivity contribution in [3.63, 3.8) is 0 Å². The van der Waals surface area contributed by atoms with Crippen LogP contribution in [0.25, 0.3) is 11.1 Å². The molecule has 1 saturated carbocycles. The first-order valence-electron chi connectivity index (χ1n) is 11.2. The van der Waals surface area contributed by atoms with Gasteiger partial charge in [0.15, 0.2) is 0 Å².